The van der Waals surface area contributed by atoms with E-state index in [1.807, 2.05) is 12.2 Å². The molecular formula is C56H62N8O21. The number of nitrogens with one attached hydrogen (secondary N) is 2. The molecule has 0 radical (unpaired) electrons. The number of imide groups is 1. The molecule has 452 valence electrons. The van der Waals surface area contributed by atoms with E-state index in [1.165, 1.54) is 72.2 Å². The van der Waals surface area contributed by atoms with Gasteiger partial charge in [-0.3, -0.25) is 48.6 Å². The fourth-order valence-corrected chi connectivity index (χ4v) is 12.3. The Balaban J connectivity index is 0.00000884. The van der Waals surface area contributed by atoms with Gasteiger partial charge in [0.1, 0.15) is 60.0 Å². The number of hydrogen-bond donors (Lipinski definition) is 7. The van der Waals surface area contributed by atoms with Crippen molar-refractivity contribution in [3.8, 4) is 23.0 Å². The van der Waals surface area contributed by atoms with Crippen LogP contribution in [-0.4, -0.2) is 180 Å². The van der Waals surface area contributed by atoms with Crippen molar-refractivity contribution >= 4 is 52.8 Å². The second kappa shape index (κ2) is 24.1. The van der Waals surface area contributed by atoms with E-state index in [0.29, 0.717) is 0 Å². The predicted octanol–water partition coefficient (Wildman–Crippen LogP) is 1.04. The third-order valence-electron chi connectivity index (χ3n) is 16.4. The van der Waals surface area contributed by atoms with E-state index in [1.54, 1.807) is 0 Å². The summed E-state index contributed by atoms with van der Waals surface area (Å²) in [4.78, 5) is 122. The number of fused-ring (bicyclic) bond motifs is 8. The first-order valence-corrected chi connectivity index (χ1v) is 27.2. The largest absolute Gasteiger partial charge is 0.507 e. The molecule has 2 aliphatic heterocycles. The summed E-state index contributed by atoms with van der Waals surface area (Å²) in [5.41, 5.74) is -5.00. The summed E-state index contributed by atoms with van der Waals surface area (Å²) in [5.74, 6) is -7.14. The maximum absolute atomic E-state index is 14.1. The number of benzene rings is 3. The van der Waals surface area contributed by atoms with Gasteiger partial charge in [0.2, 0.25) is 29.4 Å². The average molecular weight is 1180 g/mol. The molecule has 0 spiro atoms. The maximum atomic E-state index is 14.1. The zero-order valence-corrected chi connectivity index (χ0v) is 46.0. The Morgan fingerprint density at radius 3 is 2.41 bits per heavy atom. The first-order chi connectivity index (χ1) is 40.6. The van der Waals surface area contributed by atoms with E-state index in [2.05, 4.69) is 20.9 Å². The number of ether oxygens (including phenoxy) is 6. The standard InChI is InChI=1S/C56H60N8O21.H2/c1-26-48(69)34(17-41(84-26)85-37-20-56(77,38(66)23-65)19-33-45(37)52(73)47-46(50(33)71)49(70)32-5-4-6-36(81-3)44(32)51(47)72)58-55(76)82-24-29-16-31(9-10-35(29)64(78)79)83-25-62-22-30(59-60-62)21-61(40(68)18-39(67)57-11-14-80-2)12-13-63-53(74)42-27-7-8-28(15-27)43(42)54(63)75;/h4-10,16,22,26-28,34,37,41-43,48,65,69,71,73,77H,11-15,17-21,23-25H2,1-3H3,(H,57,67)(H,58,76);1H/t26-,27?,28?,34-,37-,41-,42?,43?,48+,56-;/m0./s1. The number of aliphatic hydroxyl groups excluding tert-OH is 2. The Labute approximate surface area is 484 Å². The number of aliphatic hydroxyl groups is 3. The Bertz CT molecular complexity index is 3420. The van der Waals surface area contributed by atoms with Crippen LogP contribution in [0.4, 0.5) is 10.5 Å². The first-order valence-electron chi connectivity index (χ1n) is 27.2. The summed E-state index contributed by atoms with van der Waals surface area (Å²) in [7, 11) is 2.73. The Morgan fingerprint density at radius 2 is 1.72 bits per heavy atom. The number of nitro benzene ring substituents is 1. The van der Waals surface area contributed by atoms with E-state index in [0.717, 1.165) is 12.5 Å². The number of amides is 5. The number of carbonyl (C=O) groups excluding carboxylic acids is 8. The Kier molecular flexibility index (Phi) is 16.8. The lowest BCUT2D eigenvalue weighted by molar-refractivity contribution is -0.385. The van der Waals surface area contributed by atoms with Crippen molar-refractivity contribution in [2.75, 3.05) is 47.1 Å². The lowest BCUT2D eigenvalue weighted by atomic mass is 9.72. The van der Waals surface area contributed by atoms with Gasteiger partial charge in [0, 0.05) is 70.2 Å². The van der Waals surface area contributed by atoms with E-state index >= 15 is 0 Å². The van der Waals surface area contributed by atoms with Gasteiger partial charge >= 0.3 is 6.09 Å². The molecule has 2 saturated heterocycles. The van der Waals surface area contributed by atoms with Gasteiger partial charge in [-0.1, -0.05) is 29.5 Å². The SMILES string of the molecule is COCCNC(=O)CC(=O)N(CCN1C(=O)C2C3C=CC(C3)C2C1=O)Cc1cn(COc2ccc([N+](=O)[O-])c(COC(=O)N[C@H]3C[C@H](O[C@H]4C[C@](O)(C(=O)CO)Cc5c(O)c6c(c(O)c54)C(=O)c4c(OC)cccc4C6=O)O[C@@H](C)[C@H]3O)c2)nn1.[HH]. The molecule has 1 aromatic heterocycles. The van der Waals surface area contributed by atoms with Gasteiger partial charge in [0.15, 0.2) is 24.6 Å². The Morgan fingerprint density at radius 1 is 0.988 bits per heavy atom. The van der Waals surface area contributed by atoms with Crippen LogP contribution in [0, 0.1) is 33.8 Å². The molecule has 3 fully saturated rings. The molecule has 85 heavy (non-hydrogen) atoms. The number of allylic oxidation sites excluding steroid dienone is 2. The minimum absolute atomic E-state index is 0. The number of phenols is 2. The van der Waals surface area contributed by atoms with E-state index in [4.69, 9.17) is 28.4 Å². The summed E-state index contributed by atoms with van der Waals surface area (Å²) in [6.07, 6.45) is -2.99. The molecule has 10 atom stereocenters. The normalized spacial score (nSPS) is 25.2. The zero-order chi connectivity index (χ0) is 60.8. The number of aromatic nitrogens is 3. The summed E-state index contributed by atoms with van der Waals surface area (Å²) in [6, 6.07) is 6.58. The Hall–Kier alpha value is -8.74. The molecule has 29 nitrogen and oxygen atoms in total. The smallest absolute Gasteiger partial charge is 0.407 e. The van der Waals surface area contributed by atoms with Crippen LogP contribution in [0.1, 0.15) is 94.4 Å². The molecule has 3 heterocycles. The van der Waals surface area contributed by atoms with Crippen LogP contribution >= 0.6 is 0 Å². The molecule has 2 bridgehead atoms. The summed E-state index contributed by atoms with van der Waals surface area (Å²) < 4.78 is 35.0. The number of phenolic OH excluding ortho intramolecular Hbond substituents is 2. The number of rotatable bonds is 22. The third-order valence-corrected chi connectivity index (χ3v) is 16.4. The fraction of sp³-hybridized carbons (Fsp3) is 0.464. The van der Waals surface area contributed by atoms with Crippen molar-refractivity contribution in [3.63, 3.8) is 0 Å². The second-order valence-corrected chi connectivity index (χ2v) is 21.6. The van der Waals surface area contributed by atoms with Gasteiger partial charge in [0.05, 0.1) is 83.7 Å². The van der Waals surface area contributed by atoms with Gasteiger partial charge in [0.25, 0.3) is 5.69 Å². The van der Waals surface area contributed by atoms with Crippen molar-refractivity contribution in [2.24, 2.45) is 23.7 Å². The summed E-state index contributed by atoms with van der Waals surface area (Å²) in [6.45, 7) is -0.778. The highest BCUT2D eigenvalue weighted by Gasteiger charge is 2.59. The number of carbonyl (C=O) groups is 8. The predicted molar refractivity (Wildman–Crippen MR) is 286 cm³/mol. The van der Waals surface area contributed by atoms with Gasteiger partial charge in [-0.05, 0) is 43.4 Å². The van der Waals surface area contributed by atoms with Crippen molar-refractivity contribution in [1.82, 2.24) is 35.4 Å². The van der Waals surface area contributed by atoms with Crippen molar-refractivity contribution < 1.29 is 98.7 Å². The van der Waals surface area contributed by atoms with E-state index in [-0.39, 0.29) is 116 Å². The van der Waals surface area contributed by atoms with Gasteiger partial charge in [-0.15, -0.1) is 5.10 Å². The van der Waals surface area contributed by atoms with Crippen LogP contribution in [0.15, 0.2) is 54.7 Å². The molecule has 29 heteroatoms. The maximum Gasteiger partial charge on any atom is 0.407 e. The molecule has 1 saturated carbocycles. The van der Waals surface area contributed by atoms with E-state index in [9.17, 15) is 74.0 Å². The lowest BCUT2D eigenvalue weighted by Gasteiger charge is -2.42. The summed E-state index contributed by atoms with van der Waals surface area (Å²) in [5, 5.41) is 81.8. The van der Waals surface area contributed by atoms with Crippen molar-refractivity contribution in [3.05, 3.63) is 109 Å². The number of nitrogens with zero attached hydrogens (tertiary/aromatic N) is 6. The molecule has 4 aliphatic carbocycles. The van der Waals surface area contributed by atoms with Gasteiger partial charge < -0.3 is 69.5 Å². The van der Waals surface area contributed by atoms with Crippen LogP contribution in [0.2, 0.25) is 0 Å². The zero-order valence-electron chi connectivity index (χ0n) is 46.0. The number of ketones is 3. The fourth-order valence-electron chi connectivity index (χ4n) is 12.3. The first kappa shape index (κ1) is 59.4. The van der Waals surface area contributed by atoms with Gasteiger partial charge in [-0.25, -0.2) is 9.48 Å². The number of likely N-dealkylation sites (tertiary alicyclic amines) is 1. The molecule has 7 N–H and O–H groups in total. The minimum Gasteiger partial charge on any atom is -0.507 e. The topological polar surface area (TPSA) is 397 Å². The monoisotopic (exact) mass is 1180 g/mol. The van der Waals surface area contributed by atoms with Crippen LogP contribution in [-0.2, 0) is 69.2 Å². The number of nitro groups is 1. The van der Waals surface area contributed by atoms with Crippen molar-refractivity contribution in [1.29, 1.82) is 0 Å². The number of methoxy groups -OCH3 is 2. The average Bonchev–Trinajstić information content (AvgIpc) is 0.932. The third kappa shape index (κ3) is 11.4. The highest BCUT2D eigenvalue weighted by molar-refractivity contribution is 6.31. The highest BCUT2D eigenvalue weighted by Crippen LogP contribution is 2.54. The summed E-state index contributed by atoms with van der Waals surface area (Å²) >= 11 is 0. The number of aromatic hydroxyl groups is 2. The van der Waals surface area contributed by atoms with Gasteiger partial charge in [-0.2, -0.15) is 0 Å². The van der Waals surface area contributed by atoms with Crippen LogP contribution in [0.25, 0.3) is 0 Å². The van der Waals surface area contributed by atoms with Crippen molar-refractivity contribution in [2.45, 2.75) is 95.2 Å². The van der Waals surface area contributed by atoms with Crippen LogP contribution in [0.5, 0.6) is 23.0 Å². The van der Waals surface area contributed by atoms with Crippen LogP contribution < -0.4 is 20.1 Å². The lowest BCUT2D eigenvalue weighted by Crippen LogP contribution is -2.56. The molecule has 10 rings (SSSR count). The number of alkyl carbamates (subject to hydrolysis) is 1. The van der Waals surface area contributed by atoms with Crippen LogP contribution in [0.3, 0.4) is 0 Å². The molecule has 5 amide bonds. The number of hydrogen-bond acceptors (Lipinski definition) is 23. The molecule has 6 aliphatic rings. The molecule has 4 aromatic rings. The molecular weight excluding hydrogens is 1120 g/mol. The molecule has 4 unspecified atom stereocenters. The second-order valence-electron chi connectivity index (χ2n) is 21.6. The minimum atomic E-state index is -2.46. The quantitative estimate of drug-likeness (QED) is 0.00968. The molecule has 3 aromatic carbocycles. The number of Topliss-reactive ketones (excluding diaryl/α,β-unsaturated/α-hetero) is 1. The van der Waals surface area contributed by atoms with E-state index < -0.39 is 149 Å². The highest BCUT2D eigenvalue weighted by atomic mass is 16.7.